The molecule has 0 aromatic heterocycles. The van der Waals surface area contributed by atoms with Gasteiger partial charge in [0.1, 0.15) is 0 Å². The first-order valence-corrected chi connectivity index (χ1v) is 2.00. The van der Waals surface area contributed by atoms with Crippen LogP contribution in [0.25, 0.3) is 0 Å². The van der Waals surface area contributed by atoms with Crippen LogP contribution >= 0.6 is 0 Å². The van der Waals surface area contributed by atoms with E-state index in [0.717, 1.165) is 0 Å². The molecule has 8 heavy (non-hydrogen) atoms. The Bertz CT molecular complexity index is 93.6. The van der Waals surface area contributed by atoms with Crippen molar-refractivity contribution in [2.75, 3.05) is 0 Å². The number of hydrogen-bond donors (Lipinski definition) is 0. The van der Waals surface area contributed by atoms with Gasteiger partial charge in [0.15, 0.2) is 0 Å². The van der Waals surface area contributed by atoms with Crippen LogP contribution in [0.15, 0.2) is 0 Å². The van der Waals surface area contributed by atoms with Gasteiger partial charge in [-0.05, 0) is 0 Å². The summed E-state index contributed by atoms with van der Waals surface area (Å²) in [6.45, 7) is 0. The predicted molar refractivity (Wildman–Crippen MR) is 23.9 cm³/mol. The molecule has 0 radical (unpaired) electrons. The summed E-state index contributed by atoms with van der Waals surface area (Å²) in [5.41, 5.74) is 0. The third-order valence-electron chi connectivity index (χ3n) is 0. The SMILES string of the molecule is O=S(=O)([O-])[O-].[Mg+2].[Mg+2].[OH-]. The van der Waals surface area contributed by atoms with Crippen molar-refractivity contribution in [1.82, 2.24) is 0 Å². The molecule has 0 spiro atoms. The third-order valence-corrected chi connectivity index (χ3v) is 0. The van der Waals surface area contributed by atoms with E-state index < -0.39 is 10.4 Å². The summed E-state index contributed by atoms with van der Waals surface area (Å²) in [5.74, 6) is 0. The molecule has 8 heteroatoms. The van der Waals surface area contributed by atoms with E-state index in [-0.39, 0.29) is 51.6 Å². The Morgan fingerprint density at radius 2 is 1.00 bits per heavy atom. The molecule has 0 atom stereocenters. The van der Waals surface area contributed by atoms with E-state index >= 15 is 0 Å². The van der Waals surface area contributed by atoms with Crippen LogP contribution in [0, 0.1) is 0 Å². The minimum atomic E-state index is -5.17. The summed E-state index contributed by atoms with van der Waals surface area (Å²) in [5, 5.41) is 0. The maximum Gasteiger partial charge on any atom is 2.00 e. The van der Waals surface area contributed by atoms with Gasteiger partial charge in [0, 0.05) is 10.4 Å². The van der Waals surface area contributed by atoms with Crippen molar-refractivity contribution in [1.29, 1.82) is 0 Å². The van der Waals surface area contributed by atoms with Crippen molar-refractivity contribution in [3.63, 3.8) is 0 Å². The Labute approximate surface area is 79.0 Å². The average molecular weight is 162 g/mol. The van der Waals surface area contributed by atoms with Crippen molar-refractivity contribution < 1.29 is 23.0 Å². The summed E-state index contributed by atoms with van der Waals surface area (Å²) in [6.07, 6.45) is 0. The van der Waals surface area contributed by atoms with Crippen molar-refractivity contribution in [3.8, 4) is 0 Å². The fourth-order valence-corrected chi connectivity index (χ4v) is 0. The smallest absolute Gasteiger partial charge is 0.870 e. The van der Waals surface area contributed by atoms with Crippen LogP contribution in [0.1, 0.15) is 0 Å². The molecular weight excluding hydrogens is 161 g/mol. The molecule has 0 aliphatic heterocycles. The molecule has 0 heterocycles. The zero-order valence-corrected chi connectivity index (χ0v) is 7.55. The van der Waals surface area contributed by atoms with Gasteiger partial charge in [-0.2, -0.15) is 0 Å². The largest absolute Gasteiger partial charge is 2.00 e. The van der Waals surface area contributed by atoms with E-state index in [4.69, 9.17) is 17.5 Å². The van der Waals surface area contributed by atoms with Crippen molar-refractivity contribution >= 4 is 56.5 Å². The van der Waals surface area contributed by atoms with Crippen LogP contribution in [0.4, 0.5) is 0 Å². The van der Waals surface area contributed by atoms with E-state index in [0.29, 0.717) is 0 Å². The molecule has 0 saturated heterocycles. The van der Waals surface area contributed by atoms with Crippen LogP contribution in [-0.2, 0) is 10.4 Å². The van der Waals surface area contributed by atoms with E-state index in [1.165, 1.54) is 0 Å². The second-order valence-electron chi connectivity index (χ2n) is 0.408. The van der Waals surface area contributed by atoms with E-state index in [1.807, 2.05) is 0 Å². The minimum Gasteiger partial charge on any atom is -0.870 e. The molecular formula is HMg2O5S+. The molecule has 1 N–H and O–H groups in total. The van der Waals surface area contributed by atoms with Crippen LogP contribution in [0.3, 0.4) is 0 Å². The molecule has 0 aromatic rings. The van der Waals surface area contributed by atoms with Crippen molar-refractivity contribution in [3.05, 3.63) is 0 Å². The van der Waals surface area contributed by atoms with Crippen molar-refractivity contribution in [2.45, 2.75) is 0 Å². The normalized spacial score (nSPS) is 7.25. The second-order valence-corrected chi connectivity index (χ2v) is 1.22. The topological polar surface area (TPSA) is 110 Å². The van der Waals surface area contributed by atoms with Gasteiger partial charge in [-0.15, -0.1) is 0 Å². The minimum absolute atomic E-state index is 0. The Morgan fingerprint density at radius 1 is 1.00 bits per heavy atom. The molecule has 0 fully saturated rings. The summed E-state index contributed by atoms with van der Waals surface area (Å²) in [6, 6.07) is 0. The predicted octanol–water partition coefficient (Wildman–Crippen LogP) is -2.28. The Hall–Kier alpha value is 1.36. The third kappa shape index (κ3) is 161. The van der Waals surface area contributed by atoms with Gasteiger partial charge < -0.3 is 14.6 Å². The number of rotatable bonds is 0. The molecule has 0 amide bonds. The molecule has 0 bridgehead atoms. The van der Waals surface area contributed by atoms with Crippen molar-refractivity contribution in [2.24, 2.45) is 0 Å². The fourth-order valence-electron chi connectivity index (χ4n) is 0. The monoisotopic (exact) mass is 161 g/mol. The van der Waals surface area contributed by atoms with Gasteiger partial charge in [0.05, 0.1) is 0 Å². The first-order chi connectivity index (χ1) is 2.00. The molecule has 0 rings (SSSR count). The van der Waals surface area contributed by atoms with Crippen LogP contribution < -0.4 is 0 Å². The first-order valence-electron chi connectivity index (χ1n) is 0.667. The molecule has 0 aromatic carbocycles. The van der Waals surface area contributed by atoms with Gasteiger partial charge in [-0.3, -0.25) is 8.42 Å². The molecule has 0 unspecified atom stereocenters. The maximum atomic E-state index is 8.52. The Morgan fingerprint density at radius 3 is 1.00 bits per heavy atom. The fraction of sp³-hybridized carbons (Fsp3) is 0. The zero-order valence-electron chi connectivity index (χ0n) is 3.90. The molecule has 5 nitrogen and oxygen atoms in total. The number of hydrogen-bond acceptors (Lipinski definition) is 5. The summed E-state index contributed by atoms with van der Waals surface area (Å²) in [4.78, 5) is 0. The average Bonchev–Trinajstić information content (AvgIpc) is 0.722. The van der Waals surface area contributed by atoms with Gasteiger partial charge >= 0.3 is 46.1 Å². The molecule has 40 valence electrons. The van der Waals surface area contributed by atoms with Gasteiger partial charge in [-0.1, -0.05) is 0 Å². The van der Waals surface area contributed by atoms with E-state index in [1.54, 1.807) is 0 Å². The standard InChI is InChI=1S/2Mg.H2O4S.H2O/c;;1-5(2,3)4;/h;;(H2,1,2,3,4);1H2/q2*+2;;/p-3. The zero-order chi connectivity index (χ0) is 4.50. The van der Waals surface area contributed by atoms with Crippen LogP contribution in [0.5, 0.6) is 0 Å². The van der Waals surface area contributed by atoms with E-state index in [2.05, 4.69) is 0 Å². The maximum absolute atomic E-state index is 8.52. The molecule has 0 aliphatic carbocycles. The van der Waals surface area contributed by atoms with Crippen LogP contribution in [0.2, 0.25) is 0 Å². The van der Waals surface area contributed by atoms with E-state index in [9.17, 15) is 0 Å². The molecule has 0 saturated carbocycles. The van der Waals surface area contributed by atoms with Gasteiger partial charge in [-0.25, -0.2) is 0 Å². The summed E-state index contributed by atoms with van der Waals surface area (Å²) < 4.78 is 34.1. The molecule has 0 aliphatic rings. The Balaban J connectivity index is -0.0000000267. The Kier molecular flexibility index (Phi) is 23.8. The van der Waals surface area contributed by atoms with Gasteiger partial charge in [0.2, 0.25) is 0 Å². The summed E-state index contributed by atoms with van der Waals surface area (Å²) in [7, 11) is -5.17. The van der Waals surface area contributed by atoms with Gasteiger partial charge in [0.25, 0.3) is 0 Å². The quantitative estimate of drug-likeness (QED) is 0.226. The van der Waals surface area contributed by atoms with Crippen LogP contribution in [-0.4, -0.2) is 69.1 Å². The second kappa shape index (κ2) is 8.36. The first kappa shape index (κ1) is 22.8. The summed E-state index contributed by atoms with van der Waals surface area (Å²) >= 11 is 0.